The van der Waals surface area contributed by atoms with Crippen molar-refractivity contribution in [3.8, 4) is 5.88 Å². The standard InChI is InChI=1S/C18H21Cl2N5O4/c1-12(24-11-16(25(27)28)17(21-24)29-2)18(26)23-7-5-22(6-8-23)10-13-3-4-14(19)15(20)9-13/h3-4,9,11-12H,5-8,10H2,1-2H3. The molecule has 0 saturated carbocycles. The molecular formula is C18H21Cl2N5O4. The highest BCUT2D eigenvalue weighted by molar-refractivity contribution is 6.42. The maximum absolute atomic E-state index is 12.8. The van der Waals surface area contributed by atoms with Crippen LogP contribution in [0.25, 0.3) is 0 Å². The minimum absolute atomic E-state index is 0.110. The molecule has 1 aliphatic heterocycles. The van der Waals surface area contributed by atoms with E-state index in [1.807, 2.05) is 12.1 Å². The van der Waals surface area contributed by atoms with Crippen LogP contribution in [0.1, 0.15) is 18.5 Å². The van der Waals surface area contributed by atoms with E-state index in [0.29, 0.717) is 36.2 Å². The Bertz CT molecular complexity index is 912. The second kappa shape index (κ2) is 8.98. The molecule has 1 unspecified atom stereocenters. The molecule has 1 aromatic heterocycles. The first-order valence-corrected chi connectivity index (χ1v) is 9.78. The molecule has 2 heterocycles. The summed E-state index contributed by atoms with van der Waals surface area (Å²) in [5.41, 5.74) is 0.794. The molecule has 1 aromatic carbocycles. The predicted molar refractivity (Wildman–Crippen MR) is 108 cm³/mol. The van der Waals surface area contributed by atoms with Gasteiger partial charge in [-0.15, -0.1) is 5.10 Å². The number of piperazine rings is 1. The highest BCUT2D eigenvalue weighted by Crippen LogP contribution is 2.27. The first kappa shape index (κ1) is 21.4. The van der Waals surface area contributed by atoms with Crippen LogP contribution in [-0.2, 0) is 11.3 Å². The number of rotatable bonds is 6. The minimum Gasteiger partial charge on any atom is -0.475 e. The average molecular weight is 442 g/mol. The Kier molecular flexibility index (Phi) is 6.61. The van der Waals surface area contributed by atoms with Gasteiger partial charge in [0.2, 0.25) is 5.91 Å². The molecule has 1 saturated heterocycles. The number of halogens is 2. The predicted octanol–water partition coefficient (Wildman–Crippen LogP) is 3.01. The van der Waals surface area contributed by atoms with Crippen LogP contribution >= 0.6 is 23.2 Å². The fraction of sp³-hybridized carbons (Fsp3) is 0.444. The van der Waals surface area contributed by atoms with Gasteiger partial charge in [-0.25, -0.2) is 4.68 Å². The maximum Gasteiger partial charge on any atom is 0.350 e. The molecule has 29 heavy (non-hydrogen) atoms. The third kappa shape index (κ3) is 4.80. The van der Waals surface area contributed by atoms with Crippen LogP contribution in [0.15, 0.2) is 24.4 Å². The van der Waals surface area contributed by atoms with Gasteiger partial charge >= 0.3 is 11.6 Å². The van der Waals surface area contributed by atoms with Crippen molar-refractivity contribution in [3.05, 3.63) is 50.1 Å². The van der Waals surface area contributed by atoms with Gasteiger partial charge in [0.15, 0.2) is 0 Å². The van der Waals surface area contributed by atoms with Gasteiger partial charge in [0.25, 0.3) is 0 Å². The van der Waals surface area contributed by atoms with Gasteiger partial charge in [-0.2, -0.15) is 0 Å². The Labute approximate surface area is 177 Å². The van der Waals surface area contributed by atoms with E-state index in [2.05, 4.69) is 10.00 Å². The number of methoxy groups -OCH3 is 1. The zero-order chi connectivity index (χ0) is 21.1. The fourth-order valence-electron chi connectivity index (χ4n) is 3.23. The summed E-state index contributed by atoms with van der Waals surface area (Å²) in [6.45, 7) is 4.93. The van der Waals surface area contributed by atoms with E-state index in [0.717, 1.165) is 12.1 Å². The smallest absolute Gasteiger partial charge is 0.350 e. The van der Waals surface area contributed by atoms with Gasteiger partial charge in [-0.05, 0) is 24.6 Å². The number of carbonyl (C=O) groups is 1. The SMILES string of the molecule is COc1nn(C(C)C(=O)N2CCN(Cc3ccc(Cl)c(Cl)c3)CC2)cc1[N+](=O)[O-]. The molecule has 1 aliphatic rings. The lowest BCUT2D eigenvalue weighted by molar-refractivity contribution is -0.385. The molecule has 1 fully saturated rings. The Hall–Kier alpha value is -2.36. The number of amides is 1. The van der Waals surface area contributed by atoms with Gasteiger partial charge < -0.3 is 9.64 Å². The Morgan fingerprint density at radius 3 is 2.52 bits per heavy atom. The van der Waals surface area contributed by atoms with Gasteiger partial charge in [0, 0.05) is 32.7 Å². The van der Waals surface area contributed by atoms with Gasteiger partial charge in [-0.1, -0.05) is 29.3 Å². The van der Waals surface area contributed by atoms with E-state index in [-0.39, 0.29) is 17.5 Å². The molecular weight excluding hydrogens is 421 g/mol. The van der Waals surface area contributed by atoms with Crippen molar-refractivity contribution in [2.24, 2.45) is 0 Å². The number of nitrogens with zero attached hydrogens (tertiary/aromatic N) is 5. The minimum atomic E-state index is -0.667. The first-order valence-electron chi connectivity index (χ1n) is 9.02. The van der Waals surface area contributed by atoms with Gasteiger partial charge in [-0.3, -0.25) is 19.8 Å². The van der Waals surface area contributed by atoms with Crippen LogP contribution in [0.3, 0.4) is 0 Å². The number of carbonyl (C=O) groups excluding carboxylic acids is 1. The zero-order valence-corrected chi connectivity index (χ0v) is 17.6. The summed E-state index contributed by atoms with van der Waals surface area (Å²) in [6.07, 6.45) is 1.22. The van der Waals surface area contributed by atoms with Crippen molar-refractivity contribution >= 4 is 34.8 Å². The number of hydrogen-bond acceptors (Lipinski definition) is 6. The van der Waals surface area contributed by atoms with Crippen molar-refractivity contribution in [2.45, 2.75) is 19.5 Å². The second-order valence-electron chi connectivity index (χ2n) is 6.79. The molecule has 2 aromatic rings. The Balaban J connectivity index is 1.59. The summed E-state index contributed by atoms with van der Waals surface area (Å²) in [6, 6.07) is 4.89. The van der Waals surface area contributed by atoms with Crippen LogP contribution in [0.4, 0.5) is 5.69 Å². The first-order chi connectivity index (χ1) is 13.8. The quantitative estimate of drug-likeness (QED) is 0.505. The van der Waals surface area contributed by atoms with E-state index in [1.165, 1.54) is 18.0 Å². The van der Waals surface area contributed by atoms with E-state index in [1.54, 1.807) is 17.9 Å². The van der Waals surface area contributed by atoms with Crippen LogP contribution in [0.5, 0.6) is 5.88 Å². The summed E-state index contributed by atoms with van der Waals surface area (Å²) in [5.74, 6) is -0.250. The van der Waals surface area contributed by atoms with Crippen molar-refractivity contribution < 1.29 is 14.5 Å². The molecule has 0 N–H and O–H groups in total. The van der Waals surface area contributed by atoms with Crippen molar-refractivity contribution in [3.63, 3.8) is 0 Å². The molecule has 1 atom stereocenters. The number of hydrogen-bond donors (Lipinski definition) is 0. The molecule has 0 bridgehead atoms. The van der Waals surface area contributed by atoms with Crippen LogP contribution in [0, 0.1) is 10.1 Å². The summed E-state index contributed by atoms with van der Waals surface area (Å²) in [5, 5.41) is 16.1. The number of ether oxygens (including phenoxy) is 1. The molecule has 11 heteroatoms. The van der Waals surface area contributed by atoms with Crippen LogP contribution in [0.2, 0.25) is 10.0 Å². The molecule has 0 spiro atoms. The maximum atomic E-state index is 12.8. The van der Waals surface area contributed by atoms with E-state index >= 15 is 0 Å². The van der Waals surface area contributed by atoms with Crippen LogP contribution in [-0.4, -0.2) is 63.7 Å². The highest BCUT2D eigenvalue weighted by atomic mass is 35.5. The van der Waals surface area contributed by atoms with E-state index in [4.69, 9.17) is 27.9 Å². The highest BCUT2D eigenvalue weighted by Gasteiger charge is 2.29. The second-order valence-corrected chi connectivity index (χ2v) is 7.60. The number of nitro groups is 1. The number of aromatic nitrogens is 2. The zero-order valence-electron chi connectivity index (χ0n) is 16.0. The van der Waals surface area contributed by atoms with Gasteiger partial charge in [0.05, 0.1) is 22.1 Å². The molecule has 0 aliphatic carbocycles. The molecule has 9 nitrogen and oxygen atoms in total. The molecule has 3 rings (SSSR count). The third-order valence-electron chi connectivity index (χ3n) is 4.90. The summed E-state index contributed by atoms with van der Waals surface area (Å²) >= 11 is 12.0. The molecule has 1 amide bonds. The largest absolute Gasteiger partial charge is 0.475 e. The van der Waals surface area contributed by atoms with Crippen molar-refractivity contribution in [2.75, 3.05) is 33.3 Å². The fourth-order valence-corrected chi connectivity index (χ4v) is 3.56. The Morgan fingerprint density at radius 2 is 1.97 bits per heavy atom. The lowest BCUT2D eigenvalue weighted by Crippen LogP contribution is -2.49. The lowest BCUT2D eigenvalue weighted by atomic mass is 10.2. The summed E-state index contributed by atoms with van der Waals surface area (Å²) in [7, 11) is 1.30. The topological polar surface area (TPSA) is 93.7 Å². The van der Waals surface area contributed by atoms with Crippen molar-refractivity contribution in [1.29, 1.82) is 0 Å². The third-order valence-corrected chi connectivity index (χ3v) is 5.64. The number of benzene rings is 1. The summed E-state index contributed by atoms with van der Waals surface area (Å²) < 4.78 is 6.21. The van der Waals surface area contributed by atoms with Crippen molar-refractivity contribution in [1.82, 2.24) is 19.6 Å². The Morgan fingerprint density at radius 1 is 1.28 bits per heavy atom. The van der Waals surface area contributed by atoms with Crippen LogP contribution < -0.4 is 4.74 Å². The van der Waals surface area contributed by atoms with Gasteiger partial charge in [0.1, 0.15) is 12.2 Å². The van der Waals surface area contributed by atoms with E-state index in [9.17, 15) is 14.9 Å². The van der Waals surface area contributed by atoms with E-state index < -0.39 is 11.0 Å². The molecule has 0 radical (unpaired) electrons. The lowest BCUT2D eigenvalue weighted by Gasteiger charge is -2.36. The monoisotopic (exact) mass is 441 g/mol. The molecule has 156 valence electrons. The summed E-state index contributed by atoms with van der Waals surface area (Å²) in [4.78, 5) is 27.3. The average Bonchev–Trinajstić information content (AvgIpc) is 3.15. The normalized spacial score (nSPS) is 15.9.